The molecule has 3 heterocycles. The Balaban J connectivity index is 1.33. The van der Waals surface area contributed by atoms with Crippen molar-refractivity contribution in [3.05, 3.63) is 36.7 Å². The van der Waals surface area contributed by atoms with Crippen molar-refractivity contribution in [2.45, 2.75) is 18.9 Å². The Bertz CT molecular complexity index is 724. The lowest BCUT2D eigenvalue weighted by molar-refractivity contribution is 0.120. The van der Waals surface area contributed by atoms with E-state index in [1.165, 1.54) is 5.69 Å². The molecule has 0 radical (unpaired) electrons. The smallest absolute Gasteiger partial charge is 0.135 e. The van der Waals surface area contributed by atoms with E-state index in [0.717, 1.165) is 69.5 Å². The fourth-order valence-electron chi connectivity index (χ4n) is 3.51. The van der Waals surface area contributed by atoms with Crippen LogP contribution in [-0.2, 0) is 4.74 Å². The van der Waals surface area contributed by atoms with E-state index in [-0.39, 0.29) is 0 Å². The Kier molecular flexibility index (Phi) is 5.69. The highest BCUT2D eigenvalue weighted by Crippen LogP contribution is 2.22. The number of likely N-dealkylation sites (N-methyl/N-ethyl adjacent to an activating group) is 1. The highest BCUT2D eigenvalue weighted by atomic mass is 16.5. The van der Waals surface area contributed by atoms with Gasteiger partial charge in [-0.2, -0.15) is 0 Å². The lowest BCUT2D eigenvalue weighted by atomic mass is 10.2. The summed E-state index contributed by atoms with van der Waals surface area (Å²) in [6.07, 6.45) is 4.13. The van der Waals surface area contributed by atoms with Crippen molar-refractivity contribution >= 4 is 23.0 Å². The number of aromatic nitrogens is 2. The van der Waals surface area contributed by atoms with Crippen molar-refractivity contribution in [1.82, 2.24) is 14.9 Å². The van der Waals surface area contributed by atoms with E-state index < -0.39 is 0 Å². The molecule has 0 spiro atoms. The summed E-state index contributed by atoms with van der Waals surface area (Å²) in [5.74, 6) is 1.60. The first-order chi connectivity index (χ1) is 13.3. The molecule has 7 nitrogen and oxygen atoms in total. The molecule has 1 atom stereocenters. The van der Waals surface area contributed by atoms with E-state index in [1.807, 2.05) is 6.07 Å². The minimum atomic E-state index is 0.290. The van der Waals surface area contributed by atoms with Crippen LogP contribution in [0.3, 0.4) is 0 Å². The highest BCUT2D eigenvalue weighted by molar-refractivity contribution is 5.62. The van der Waals surface area contributed by atoms with Crippen LogP contribution in [0.1, 0.15) is 12.8 Å². The van der Waals surface area contributed by atoms with Gasteiger partial charge in [0.1, 0.15) is 18.0 Å². The average molecular weight is 368 g/mol. The van der Waals surface area contributed by atoms with E-state index in [0.29, 0.717) is 6.10 Å². The Hall–Kier alpha value is -2.38. The van der Waals surface area contributed by atoms with Gasteiger partial charge in [-0.3, -0.25) is 0 Å². The minimum absolute atomic E-state index is 0.290. The quantitative estimate of drug-likeness (QED) is 0.812. The SMILES string of the molecule is CN1CCN(c2ccc(Nc3cc(NCC4CCCO4)ncn3)cc2)CC1. The van der Waals surface area contributed by atoms with Crippen LogP contribution in [0.5, 0.6) is 0 Å². The molecule has 2 saturated heterocycles. The number of hydrogen-bond acceptors (Lipinski definition) is 7. The molecule has 4 rings (SSSR count). The predicted molar refractivity (Wildman–Crippen MR) is 109 cm³/mol. The zero-order valence-electron chi connectivity index (χ0n) is 15.9. The number of nitrogens with zero attached hydrogens (tertiary/aromatic N) is 4. The normalized spacial score (nSPS) is 20.6. The fraction of sp³-hybridized carbons (Fsp3) is 0.500. The van der Waals surface area contributed by atoms with Gasteiger partial charge in [-0.15, -0.1) is 0 Å². The molecule has 2 fully saturated rings. The minimum Gasteiger partial charge on any atom is -0.376 e. The molecule has 2 aliphatic heterocycles. The maximum absolute atomic E-state index is 5.64. The molecule has 2 aliphatic rings. The summed E-state index contributed by atoms with van der Waals surface area (Å²) in [6.45, 7) is 6.04. The Morgan fingerprint density at radius 2 is 1.85 bits per heavy atom. The second kappa shape index (κ2) is 8.54. The molecular formula is C20H28N6O. The third-order valence-electron chi connectivity index (χ3n) is 5.21. The molecule has 7 heteroatoms. The average Bonchev–Trinajstić information content (AvgIpc) is 3.22. The van der Waals surface area contributed by atoms with Crippen molar-refractivity contribution in [3.8, 4) is 0 Å². The van der Waals surface area contributed by atoms with Crippen LogP contribution in [0, 0.1) is 0 Å². The van der Waals surface area contributed by atoms with Crippen molar-refractivity contribution in [1.29, 1.82) is 0 Å². The van der Waals surface area contributed by atoms with Crippen molar-refractivity contribution in [3.63, 3.8) is 0 Å². The first kappa shape index (κ1) is 18.0. The van der Waals surface area contributed by atoms with Crippen LogP contribution in [0.15, 0.2) is 36.7 Å². The summed E-state index contributed by atoms with van der Waals surface area (Å²) in [7, 11) is 2.18. The number of nitrogens with one attached hydrogen (secondary N) is 2. The number of hydrogen-bond donors (Lipinski definition) is 2. The standard InChI is InChI=1S/C20H28N6O/c1-25-8-10-26(11-9-25)17-6-4-16(5-7-17)24-20-13-19(22-15-23-20)21-14-18-3-2-12-27-18/h4-7,13,15,18H,2-3,8-12,14H2,1H3,(H2,21,22,23,24). The topological polar surface area (TPSA) is 65.5 Å². The summed E-state index contributed by atoms with van der Waals surface area (Å²) >= 11 is 0. The largest absolute Gasteiger partial charge is 0.376 e. The van der Waals surface area contributed by atoms with Crippen LogP contribution < -0.4 is 15.5 Å². The van der Waals surface area contributed by atoms with Crippen molar-refractivity contribution in [2.24, 2.45) is 0 Å². The lowest BCUT2D eigenvalue weighted by Gasteiger charge is -2.34. The number of anilines is 4. The molecule has 27 heavy (non-hydrogen) atoms. The molecule has 2 aromatic rings. The third kappa shape index (κ3) is 4.87. The molecule has 1 unspecified atom stereocenters. The van der Waals surface area contributed by atoms with Crippen LogP contribution >= 0.6 is 0 Å². The molecule has 1 aromatic carbocycles. The fourth-order valence-corrected chi connectivity index (χ4v) is 3.51. The highest BCUT2D eigenvalue weighted by Gasteiger charge is 2.15. The van der Waals surface area contributed by atoms with Gasteiger partial charge >= 0.3 is 0 Å². The number of ether oxygens (including phenoxy) is 1. The Labute approximate surface area is 160 Å². The molecular weight excluding hydrogens is 340 g/mol. The summed E-state index contributed by atoms with van der Waals surface area (Å²) in [4.78, 5) is 13.4. The number of benzene rings is 1. The van der Waals surface area contributed by atoms with E-state index >= 15 is 0 Å². The maximum atomic E-state index is 5.64. The lowest BCUT2D eigenvalue weighted by Crippen LogP contribution is -2.44. The van der Waals surface area contributed by atoms with Crippen LogP contribution in [0.4, 0.5) is 23.0 Å². The van der Waals surface area contributed by atoms with Gasteiger partial charge in [0.05, 0.1) is 6.10 Å². The van der Waals surface area contributed by atoms with Gasteiger partial charge in [-0.1, -0.05) is 0 Å². The van der Waals surface area contributed by atoms with Gasteiger partial charge in [-0.05, 0) is 44.2 Å². The molecule has 1 aromatic heterocycles. The Morgan fingerprint density at radius 3 is 2.59 bits per heavy atom. The van der Waals surface area contributed by atoms with Gasteiger partial charge in [0.25, 0.3) is 0 Å². The first-order valence-electron chi connectivity index (χ1n) is 9.74. The van der Waals surface area contributed by atoms with E-state index in [2.05, 4.69) is 61.7 Å². The van der Waals surface area contributed by atoms with E-state index in [4.69, 9.17) is 4.74 Å². The van der Waals surface area contributed by atoms with Crippen LogP contribution in [-0.4, -0.2) is 67.4 Å². The summed E-state index contributed by atoms with van der Waals surface area (Å²) in [5, 5.41) is 6.70. The summed E-state index contributed by atoms with van der Waals surface area (Å²) < 4.78 is 5.64. The molecule has 0 saturated carbocycles. The monoisotopic (exact) mass is 368 g/mol. The summed E-state index contributed by atoms with van der Waals surface area (Å²) in [5.41, 5.74) is 2.30. The third-order valence-corrected chi connectivity index (χ3v) is 5.21. The second-order valence-electron chi connectivity index (χ2n) is 7.27. The second-order valence-corrected chi connectivity index (χ2v) is 7.27. The molecule has 0 amide bonds. The van der Waals surface area contributed by atoms with Crippen LogP contribution in [0.2, 0.25) is 0 Å². The zero-order valence-corrected chi connectivity index (χ0v) is 15.9. The van der Waals surface area contributed by atoms with Gasteiger partial charge in [-0.25, -0.2) is 9.97 Å². The van der Waals surface area contributed by atoms with Crippen molar-refractivity contribution in [2.75, 3.05) is 61.9 Å². The van der Waals surface area contributed by atoms with Gasteiger partial charge in [0.2, 0.25) is 0 Å². The number of piperazine rings is 1. The molecule has 0 bridgehead atoms. The predicted octanol–water partition coefficient (Wildman–Crippen LogP) is 2.56. The van der Waals surface area contributed by atoms with E-state index in [1.54, 1.807) is 6.33 Å². The number of rotatable bonds is 6. The van der Waals surface area contributed by atoms with Gasteiger partial charge < -0.3 is 25.2 Å². The first-order valence-corrected chi connectivity index (χ1v) is 9.74. The van der Waals surface area contributed by atoms with Gasteiger partial charge in [0.15, 0.2) is 0 Å². The van der Waals surface area contributed by atoms with Crippen LogP contribution in [0.25, 0.3) is 0 Å². The molecule has 144 valence electrons. The summed E-state index contributed by atoms with van der Waals surface area (Å²) in [6, 6.07) is 10.5. The maximum Gasteiger partial charge on any atom is 0.135 e. The zero-order chi connectivity index (χ0) is 18.5. The molecule has 0 aliphatic carbocycles. The molecule has 2 N–H and O–H groups in total. The Morgan fingerprint density at radius 1 is 1.07 bits per heavy atom. The van der Waals surface area contributed by atoms with Crippen molar-refractivity contribution < 1.29 is 4.74 Å². The van der Waals surface area contributed by atoms with E-state index in [9.17, 15) is 0 Å². The van der Waals surface area contributed by atoms with Gasteiger partial charge in [0, 0.05) is 56.8 Å².